The van der Waals surface area contributed by atoms with E-state index in [0.29, 0.717) is 20.8 Å². The number of nitrogens with one attached hydrogen (secondary N) is 2. The Hall–Kier alpha value is -1.38. The van der Waals surface area contributed by atoms with Gasteiger partial charge in [-0.25, -0.2) is 9.37 Å². The predicted molar refractivity (Wildman–Crippen MR) is 71.9 cm³/mol. The van der Waals surface area contributed by atoms with Crippen LogP contribution in [0.5, 0.6) is 0 Å². The van der Waals surface area contributed by atoms with Crippen molar-refractivity contribution in [3.05, 3.63) is 33.7 Å². The van der Waals surface area contributed by atoms with Gasteiger partial charge in [-0.3, -0.25) is 5.10 Å². The monoisotopic (exact) mass is 347 g/mol. The van der Waals surface area contributed by atoms with Crippen molar-refractivity contribution in [2.75, 3.05) is 11.1 Å². The second kappa shape index (κ2) is 4.86. The first-order chi connectivity index (χ1) is 8.08. The van der Waals surface area contributed by atoms with Crippen molar-refractivity contribution in [1.29, 1.82) is 0 Å². The van der Waals surface area contributed by atoms with Gasteiger partial charge in [0.15, 0.2) is 0 Å². The molecule has 4 N–H and O–H groups in total. The second-order valence-electron chi connectivity index (χ2n) is 3.59. The van der Waals surface area contributed by atoms with Crippen LogP contribution < -0.4 is 11.1 Å². The Balaban J connectivity index is 2.22. The predicted octanol–water partition coefficient (Wildman–Crippen LogP) is 2.30. The normalized spacial score (nSPS) is 12.4. The molecule has 0 radical (unpaired) electrons. The summed E-state index contributed by atoms with van der Waals surface area (Å²) in [7, 11) is 0. The average Bonchev–Trinajstić information content (AvgIpc) is 2.79. The highest BCUT2D eigenvalue weighted by Crippen LogP contribution is 2.26. The molecule has 1 aromatic carbocycles. The molecule has 5 nitrogen and oxygen atoms in total. The van der Waals surface area contributed by atoms with Crippen molar-refractivity contribution in [1.82, 2.24) is 15.2 Å². The van der Waals surface area contributed by atoms with Crippen molar-refractivity contribution in [3.63, 3.8) is 0 Å². The number of nitrogen functional groups attached to an aromatic ring is 1. The van der Waals surface area contributed by atoms with E-state index in [-0.39, 0.29) is 11.9 Å². The zero-order valence-electron chi connectivity index (χ0n) is 9.04. The molecule has 7 heteroatoms. The molecule has 0 saturated carbocycles. The lowest BCUT2D eigenvalue weighted by atomic mass is 10.2. The molecule has 17 heavy (non-hydrogen) atoms. The van der Waals surface area contributed by atoms with E-state index in [0.717, 1.165) is 0 Å². The number of aromatic amines is 1. The summed E-state index contributed by atoms with van der Waals surface area (Å²) in [4.78, 5) is 4.02. The fourth-order valence-corrected chi connectivity index (χ4v) is 1.90. The molecule has 0 saturated heterocycles. The fraction of sp³-hybridized carbons (Fsp3) is 0.200. The Morgan fingerprint density at radius 2 is 2.29 bits per heavy atom. The van der Waals surface area contributed by atoms with Gasteiger partial charge in [0.25, 0.3) is 0 Å². The maximum atomic E-state index is 13.4. The first-order valence-corrected chi connectivity index (χ1v) is 6.02. The van der Waals surface area contributed by atoms with Crippen LogP contribution in [0.25, 0.3) is 0 Å². The number of hydrogen-bond acceptors (Lipinski definition) is 4. The van der Waals surface area contributed by atoms with Crippen LogP contribution in [0.15, 0.2) is 18.5 Å². The Bertz CT molecular complexity index is 514. The number of aromatic nitrogens is 3. The zero-order chi connectivity index (χ0) is 12.4. The third kappa shape index (κ3) is 2.65. The molecule has 0 aliphatic rings. The molecule has 2 aromatic rings. The van der Waals surface area contributed by atoms with Gasteiger partial charge in [0.05, 0.1) is 21.0 Å². The summed E-state index contributed by atoms with van der Waals surface area (Å²) in [6.07, 6.45) is 1.42. The van der Waals surface area contributed by atoms with Gasteiger partial charge in [-0.15, -0.1) is 0 Å². The standard InChI is InChI=1S/C10H11FIN5/c1-5(10-14-4-15-17-10)16-9-2-6(11)7(12)3-8(9)13/h2-5,16H,13H2,1H3,(H,14,15,17). The van der Waals surface area contributed by atoms with Gasteiger partial charge in [-0.05, 0) is 35.6 Å². The molecule has 0 aliphatic carbocycles. The topological polar surface area (TPSA) is 79.6 Å². The third-order valence-corrected chi connectivity index (χ3v) is 3.13. The molecule has 1 atom stereocenters. The summed E-state index contributed by atoms with van der Waals surface area (Å²) in [5, 5.41) is 9.58. The largest absolute Gasteiger partial charge is 0.397 e. The molecule has 1 heterocycles. The molecule has 0 amide bonds. The lowest BCUT2D eigenvalue weighted by Gasteiger charge is -2.15. The Morgan fingerprint density at radius 1 is 1.53 bits per heavy atom. The maximum Gasteiger partial charge on any atom is 0.146 e. The molecule has 1 aromatic heterocycles. The van der Waals surface area contributed by atoms with E-state index in [4.69, 9.17) is 5.73 Å². The van der Waals surface area contributed by atoms with Crippen LogP contribution in [-0.4, -0.2) is 15.2 Å². The van der Waals surface area contributed by atoms with E-state index in [1.807, 2.05) is 29.5 Å². The van der Waals surface area contributed by atoms with Crippen molar-refractivity contribution in [2.45, 2.75) is 13.0 Å². The lowest BCUT2D eigenvalue weighted by Crippen LogP contribution is -2.10. The van der Waals surface area contributed by atoms with Crippen LogP contribution in [0.4, 0.5) is 15.8 Å². The van der Waals surface area contributed by atoms with E-state index >= 15 is 0 Å². The van der Waals surface area contributed by atoms with Crippen molar-refractivity contribution in [2.24, 2.45) is 0 Å². The number of halogens is 2. The third-order valence-electron chi connectivity index (χ3n) is 2.31. The number of benzene rings is 1. The van der Waals surface area contributed by atoms with E-state index in [2.05, 4.69) is 20.5 Å². The number of nitrogens with two attached hydrogens (primary N) is 1. The number of nitrogens with zero attached hydrogens (tertiary/aromatic N) is 2. The molecule has 90 valence electrons. The number of H-pyrrole nitrogens is 1. The Morgan fingerprint density at radius 3 is 2.94 bits per heavy atom. The summed E-state index contributed by atoms with van der Waals surface area (Å²) in [6.45, 7) is 1.88. The minimum atomic E-state index is -0.299. The van der Waals surface area contributed by atoms with Crippen molar-refractivity contribution >= 4 is 34.0 Å². The summed E-state index contributed by atoms with van der Waals surface area (Å²) in [5.74, 6) is 0.371. The number of anilines is 2. The minimum absolute atomic E-state index is 0.126. The summed E-state index contributed by atoms with van der Waals surface area (Å²) < 4.78 is 13.9. The van der Waals surface area contributed by atoms with Crippen LogP contribution in [0.1, 0.15) is 18.8 Å². The van der Waals surface area contributed by atoms with Crippen LogP contribution in [0, 0.1) is 9.39 Å². The molecule has 0 bridgehead atoms. The Kier molecular flexibility index (Phi) is 3.46. The molecule has 0 fully saturated rings. The van der Waals surface area contributed by atoms with E-state index in [1.54, 1.807) is 6.07 Å². The van der Waals surface area contributed by atoms with Crippen molar-refractivity contribution in [3.8, 4) is 0 Å². The van der Waals surface area contributed by atoms with E-state index < -0.39 is 0 Å². The van der Waals surface area contributed by atoms with Gasteiger partial charge < -0.3 is 11.1 Å². The summed E-state index contributed by atoms with van der Waals surface area (Å²) >= 11 is 1.90. The van der Waals surface area contributed by atoms with Crippen LogP contribution in [-0.2, 0) is 0 Å². The first kappa shape index (κ1) is 12.1. The molecule has 0 aliphatic heterocycles. The second-order valence-corrected chi connectivity index (χ2v) is 4.75. The quantitative estimate of drug-likeness (QED) is 0.588. The highest BCUT2D eigenvalue weighted by atomic mass is 127. The number of rotatable bonds is 3. The van der Waals surface area contributed by atoms with Gasteiger partial charge in [0.2, 0.25) is 0 Å². The first-order valence-electron chi connectivity index (χ1n) is 4.94. The van der Waals surface area contributed by atoms with Crippen LogP contribution >= 0.6 is 22.6 Å². The van der Waals surface area contributed by atoms with Gasteiger partial charge in [0, 0.05) is 6.07 Å². The van der Waals surface area contributed by atoms with Gasteiger partial charge in [-0.1, -0.05) is 0 Å². The highest BCUT2D eigenvalue weighted by molar-refractivity contribution is 14.1. The molecule has 1 unspecified atom stereocenters. The summed E-state index contributed by atoms with van der Waals surface area (Å²) in [6, 6.07) is 2.84. The average molecular weight is 347 g/mol. The molecule has 0 spiro atoms. The van der Waals surface area contributed by atoms with E-state index in [9.17, 15) is 4.39 Å². The molecular formula is C10H11FIN5. The minimum Gasteiger partial charge on any atom is -0.397 e. The van der Waals surface area contributed by atoms with Crippen LogP contribution in [0.2, 0.25) is 0 Å². The van der Waals surface area contributed by atoms with Crippen LogP contribution in [0.3, 0.4) is 0 Å². The zero-order valence-corrected chi connectivity index (χ0v) is 11.2. The van der Waals surface area contributed by atoms with E-state index in [1.165, 1.54) is 12.4 Å². The SMILES string of the molecule is CC(Nc1cc(F)c(I)cc1N)c1ncn[nH]1. The van der Waals surface area contributed by atoms with Gasteiger partial charge in [-0.2, -0.15) is 5.10 Å². The fourth-order valence-electron chi connectivity index (χ4n) is 1.41. The lowest BCUT2D eigenvalue weighted by molar-refractivity contribution is 0.620. The van der Waals surface area contributed by atoms with Gasteiger partial charge in [0.1, 0.15) is 18.0 Å². The van der Waals surface area contributed by atoms with Crippen molar-refractivity contribution < 1.29 is 4.39 Å². The van der Waals surface area contributed by atoms with Gasteiger partial charge >= 0.3 is 0 Å². The Labute approximate surface area is 111 Å². The molecule has 2 rings (SSSR count). The number of hydrogen-bond donors (Lipinski definition) is 3. The molecular weight excluding hydrogens is 336 g/mol. The summed E-state index contributed by atoms with van der Waals surface area (Å²) in [5.41, 5.74) is 6.86. The maximum absolute atomic E-state index is 13.4. The smallest absolute Gasteiger partial charge is 0.146 e. The highest BCUT2D eigenvalue weighted by Gasteiger charge is 2.11.